The van der Waals surface area contributed by atoms with Crippen molar-refractivity contribution in [3.8, 4) is 11.5 Å². The fourth-order valence-electron chi connectivity index (χ4n) is 2.69. The average Bonchev–Trinajstić information content (AvgIpc) is 2.72. The van der Waals surface area contributed by atoms with Crippen molar-refractivity contribution in [2.24, 2.45) is 4.99 Å². The molecule has 0 aromatic heterocycles. The molecule has 8 heteroatoms. The van der Waals surface area contributed by atoms with Gasteiger partial charge in [0.1, 0.15) is 23.4 Å². The van der Waals surface area contributed by atoms with Crippen molar-refractivity contribution in [3.05, 3.63) is 59.4 Å². The van der Waals surface area contributed by atoms with Gasteiger partial charge in [-0.1, -0.05) is 12.1 Å². The summed E-state index contributed by atoms with van der Waals surface area (Å²) in [6.07, 6.45) is -0.102. The highest BCUT2D eigenvalue weighted by molar-refractivity contribution is 14.0. The molecule has 2 rings (SSSR count). The van der Waals surface area contributed by atoms with Crippen LogP contribution in [0, 0.1) is 5.82 Å². The normalized spacial score (nSPS) is 12.0. The standard InChI is InChI=1S/C21H28FN3O3.HI/c1-4-23-21(24-12-11-15-5-7-16(22)8-6-15)25-14-19(26)18-13-17(27-2)9-10-20(18)28-3;/h5-10,13,19,26H,4,11-12,14H2,1-3H3,(H2,23,24,25);1H. The maximum Gasteiger partial charge on any atom is 0.191 e. The third kappa shape index (κ3) is 8.06. The molecule has 0 saturated heterocycles. The smallest absolute Gasteiger partial charge is 0.191 e. The first-order valence-corrected chi connectivity index (χ1v) is 9.24. The zero-order valence-corrected chi connectivity index (χ0v) is 19.3. The summed E-state index contributed by atoms with van der Waals surface area (Å²) in [6.45, 7) is 3.46. The second-order valence-electron chi connectivity index (χ2n) is 6.15. The first-order chi connectivity index (χ1) is 13.6. The molecule has 3 N–H and O–H groups in total. The Bertz CT molecular complexity index is 772. The van der Waals surface area contributed by atoms with Crippen molar-refractivity contribution in [2.75, 3.05) is 33.9 Å². The van der Waals surface area contributed by atoms with Crippen LogP contribution in [-0.4, -0.2) is 44.9 Å². The minimum absolute atomic E-state index is 0. The lowest BCUT2D eigenvalue weighted by Gasteiger charge is -2.16. The molecule has 0 aliphatic carbocycles. The molecule has 2 aromatic carbocycles. The summed E-state index contributed by atoms with van der Waals surface area (Å²) < 4.78 is 23.5. The topological polar surface area (TPSA) is 75.1 Å². The van der Waals surface area contributed by atoms with Gasteiger partial charge in [0.25, 0.3) is 0 Å². The second-order valence-corrected chi connectivity index (χ2v) is 6.15. The summed E-state index contributed by atoms with van der Waals surface area (Å²) in [5.74, 6) is 1.58. The van der Waals surface area contributed by atoms with E-state index in [4.69, 9.17) is 9.47 Å². The molecule has 0 aliphatic heterocycles. The first kappa shape index (κ1) is 25.0. The van der Waals surface area contributed by atoms with E-state index in [1.807, 2.05) is 6.92 Å². The number of hydrogen-bond donors (Lipinski definition) is 3. The van der Waals surface area contributed by atoms with Crippen LogP contribution in [0.5, 0.6) is 11.5 Å². The van der Waals surface area contributed by atoms with Gasteiger partial charge in [-0.25, -0.2) is 4.39 Å². The van der Waals surface area contributed by atoms with Crippen LogP contribution in [-0.2, 0) is 6.42 Å². The van der Waals surface area contributed by atoms with Gasteiger partial charge in [0, 0.05) is 18.7 Å². The van der Waals surface area contributed by atoms with Crippen LogP contribution in [0.4, 0.5) is 4.39 Å². The summed E-state index contributed by atoms with van der Waals surface area (Å²) in [5, 5.41) is 16.9. The first-order valence-electron chi connectivity index (χ1n) is 9.24. The Morgan fingerprint density at radius 3 is 2.45 bits per heavy atom. The van der Waals surface area contributed by atoms with E-state index in [1.54, 1.807) is 44.6 Å². The number of guanidine groups is 1. The molecule has 2 aromatic rings. The van der Waals surface area contributed by atoms with Gasteiger partial charge in [0.2, 0.25) is 0 Å². The molecule has 0 heterocycles. The number of halogens is 2. The second kappa shape index (κ2) is 13.2. The van der Waals surface area contributed by atoms with Gasteiger partial charge < -0.3 is 25.2 Å². The van der Waals surface area contributed by atoms with Crippen molar-refractivity contribution >= 4 is 29.9 Å². The van der Waals surface area contributed by atoms with E-state index in [9.17, 15) is 9.50 Å². The van der Waals surface area contributed by atoms with Gasteiger partial charge in [0.05, 0.1) is 20.8 Å². The predicted octanol–water partition coefficient (Wildman–Crippen LogP) is 3.29. The lowest BCUT2D eigenvalue weighted by atomic mass is 10.1. The van der Waals surface area contributed by atoms with Crippen LogP contribution in [0.2, 0.25) is 0 Å². The zero-order valence-electron chi connectivity index (χ0n) is 16.9. The summed E-state index contributed by atoms with van der Waals surface area (Å²) in [5.41, 5.74) is 1.65. The van der Waals surface area contributed by atoms with E-state index in [1.165, 1.54) is 12.1 Å². The maximum absolute atomic E-state index is 13.0. The SMILES string of the molecule is CCNC(=NCC(O)c1cc(OC)ccc1OC)NCCc1ccc(F)cc1.I. The van der Waals surface area contributed by atoms with Crippen molar-refractivity contribution in [2.45, 2.75) is 19.4 Å². The van der Waals surface area contributed by atoms with Crippen molar-refractivity contribution in [1.29, 1.82) is 0 Å². The number of nitrogens with zero attached hydrogens (tertiary/aromatic N) is 1. The van der Waals surface area contributed by atoms with Crippen LogP contribution < -0.4 is 20.1 Å². The number of aliphatic hydroxyl groups is 1. The molecule has 1 atom stereocenters. The maximum atomic E-state index is 13.0. The number of aliphatic imine (C=N–C) groups is 1. The Balaban J connectivity index is 0.00000420. The van der Waals surface area contributed by atoms with Gasteiger partial charge in [0.15, 0.2) is 5.96 Å². The van der Waals surface area contributed by atoms with E-state index in [2.05, 4.69) is 15.6 Å². The van der Waals surface area contributed by atoms with Crippen LogP contribution >= 0.6 is 24.0 Å². The number of ether oxygens (including phenoxy) is 2. The van der Waals surface area contributed by atoms with E-state index in [0.29, 0.717) is 36.1 Å². The lowest BCUT2D eigenvalue weighted by molar-refractivity contribution is 0.182. The number of benzene rings is 2. The molecule has 160 valence electrons. The Morgan fingerprint density at radius 2 is 1.83 bits per heavy atom. The molecule has 0 radical (unpaired) electrons. The van der Waals surface area contributed by atoms with Crippen molar-refractivity contribution in [3.63, 3.8) is 0 Å². The van der Waals surface area contributed by atoms with Gasteiger partial charge in [-0.15, -0.1) is 24.0 Å². The molecule has 6 nitrogen and oxygen atoms in total. The molecular formula is C21H29FIN3O3. The number of rotatable bonds is 9. The van der Waals surface area contributed by atoms with Crippen molar-refractivity contribution in [1.82, 2.24) is 10.6 Å². The van der Waals surface area contributed by atoms with E-state index in [-0.39, 0.29) is 36.3 Å². The van der Waals surface area contributed by atoms with E-state index in [0.717, 1.165) is 12.0 Å². The van der Waals surface area contributed by atoms with Gasteiger partial charge >= 0.3 is 0 Å². The Kier molecular flexibility index (Phi) is 11.4. The molecular weight excluding hydrogens is 488 g/mol. The minimum atomic E-state index is -0.836. The molecule has 0 spiro atoms. The fourth-order valence-corrected chi connectivity index (χ4v) is 2.69. The van der Waals surface area contributed by atoms with Crippen LogP contribution in [0.15, 0.2) is 47.5 Å². The lowest BCUT2D eigenvalue weighted by Crippen LogP contribution is -2.38. The predicted molar refractivity (Wildman–Crippen MR) is 124 cm³/mol. The average molecular weight is 517 g/mol. The minimum Gasteiger partial charge on any atom is -0.497 e. The summed E-state index contributed by atoms with van der Waals surface area (Å²) >= 11 is 0. The fraction of sp³-hybridized carbons (Fsp3) is 0.381. The van der Waals surface area contributed by atoms with Crippen LogP contribution in [0.1, 0.15) is 24.2 Å². The summed E-state index contributed by atoms with van der Waals surface area (Å²) in [7, 11) is 3.13. The van der Waals surface area contributed by atoms with Crippen molar-refractivity contribution < 1.29 is 19.0 Å². The molecule has 0 amide bonds. The number of methoxy groups -OCH3 is 2. The molecule has 0 fully saturated rings. The summed E-state index contributed by atoms with van der Waals surface area (Å²) in [6, 6.07) is 11.7. The largest absolute Gasteiger partial charge is 0.497 e. The quantitative estimate of drug-likeness (QED) is 0.271. The molecule has 0 bridgehead atoms. The number of aliphatic hydroxyl groups excluding tert-OH is 1. The Hall–Kier alpha value is -2.07. The monoisotopic (exact) mass is 517 g/mol. The van der Waals surface area contributed by atoms with Gasteiger partial charge in [-0.05, 0) is 49.2 Å². The molecule has 0 saturated carbocycles. The number of hydrogen-bond acceptors (Lipinski definition) is 4. The van der Waals surface area contributed by atoms with Gasteiger partial charge in [-0.2, -0.15) is 0 Å². The molecule has 1 unspecified atom stereocenters. The van der Waals surface area contributed by atoms with E-state index >= 15 is 0 Å². The highest BCUT2D eigenvalue weighted by atomic mass is 127. The van der Waals surface area contributed by atoms with Crippen LogP contribution in [0.25, 0.3) is 0 Å². The van der Waals surface area contributed by atoms with Crippen LogP contribution in [0.3, 0.4) is 0 Å². The highest BCUT2D eigenvalue weighted by Crippen LogP contribution is 2.29. The number of nitrogens with one attached hydrogen (secondary N) is 2. The Morgan fingerprint density at radius 1 is 1.10 bits per heavy atom. The van der Waals surface area contributed by atoms with E-state index < -0.39 is 6.10 Å². The third-order valence-electron chi connectivity index (χ3n) is 4.18. The third-order valence-corrected chi connectivity index (χ3v) is 4.18. The van der Waals surface area contributed by atoms with Gasteiger partial charge in [-0.3, -0.25) is 4.99 Å². The summed E-state index contributed by atoms with van der Waals surface area (Å²) in [4.78, 5) is 4.45. The molecule has 0 aliphatic rings. The molecule has 29 heavy (non-hydrogen) atoms. The Labute approximate surface area is 188 Å². The highest BCUT2D eigenvalue weighted by Gasteiger charge is 2.14. The zero-order chi connectivity index (χ0) is 20.4.